The van der Waals surface area contributed by atoms with Crippen LogP contribution in [-0.2, 0) is 6.54 Å². The van der Waals surface area contributed by atoms with Crippen LogP contribution < -0.4 is 11.0 Å². The zero-order valence-electron chi connectivity index (χ0n) is 17.0. The summed E-state index contributed by atoms with van der Waals surface area (Å²) >= 11 is 0. The van der Waals surface area contributed by atoms with Crippen LogP contribution in [0.25, 0.3) is 10.9 Å². The molecule has 0 unspecified atom stereocenters. The highest BCUT2D eigenvalue weighted by Crippen LogP contribution is 2.19. The van der Waals surface area contributed by atoms with Gasteiger partial charge in [0, 0.05) is 6.20 Å². The Kier molecular flexibility index (Phi) is 5.43. The van der Waals surface area contributed by atoms with Crippen LogP contribution >= 0.6 is 0 Å². The first kappa shape index (κ1) is 19.3. The minimum absolute atomic E-state index is 0.0661. The number of nitrogens with zero attached hydrogens (tertiary/aromatic N) is 4. The number of hydrogen-bond acceptors (Lipinski definition) is 4. The largest absolute Gasteiger partial charge is 0.287 e. The highest BCUT2D eigenvalue weighted by molar-refractivity contribution is 5.80. The number of para-hydroxylation sites is 1. The third kappa shape index (κ3) is 4.06. The predicted molar refractivity (Wildman–Crippen MR) is 113 cm³/mol. The number of rotatable bonds is 3. The minimum atomic E-state index is -0.195. The zero-order chi connectivity index (χ0) is 20.4. The van der Waals surface area contributed by atoms with Crippen molar-refractivity contribution in [3.8, 4) is 0 Å². The summed E-state index contributed by atoms with van der Waals surface area (Å²) in [4.78, 5) is 35.4. The molecule has 6 nitrogen and oxygen atoms in total. The summed E-state index contributed by atoms with van der Waals surface area (Å²) in [6, 6.07) is 11.3. The van der Waals surface area contributed by atoms with Gasteiger partial charge in [-0.05, 0) is 56.5 Å². The average Bonchev–Trinajstić information content (AvgIpc) is 2.72. The molecule has 0 aliphatic heterocycles. The van der Waals surface area contributed by atoms with Crippen LogP contribution in [0.15, 0.2) is 52.4 Å². The van der Waals surface area contributed by atoms with Crippen molar-refractivity contribution in [3.63, 3.8) is 0 Å². The van der Waals surface area contributed by atoms with Gasteiger partial charge < -0.3 is 0 Å². The summed E-state index contributed by atoms with van der Waals surface area (Å²) < 4.78 is 3.02. The maximum Gasteiger partial charge on any atom is 0.261 e. The van der Waals surface area contributed by atoms with Gasteiger partial charge in [0.15, 0.2) is 0 Å². The quantitative estimate of drug-likeness (QED) is 0.688. The van der Waals surface area contributed by atoms with E-state index in [4.69, 9.17) is 4.99 Å². The summed E-state index contributed by atoms with van der Waals surface area (Å²) in [6.45, 7) is 3.69. The van der Waals surface area contributed by atoms with Crippen LogP contribution in [0.3, 0.4) is 0 Å². The van der Waals surface area contributed by atoms with Crippen molar-refractivity contribution in [1.29, 1.82) is 0 Å². The fourth-order valence-electron chi connectivity index (χ4n) is 3.97. The van der Waals surface area contributed by atoms with Gasteiger partial charge in [-0.25, -0.2) is 4.98 Å². The SMILES string of the molecule is Cc1ccn(C(=O)Cn2c(C)nc3ccccc3c2=O)c(=NC2CCCCC2)c1. The normalized spacial score (nSPS) is 15.7. The molecule has 0 radical (unpaired) electrons. The van der Waals surface area contributed by atoms with Gasteiger partial charge in [-0.15, -0.1) is 0 Å². The second-order valence-electron chi connectivity index (χ2n) is 7.81. The number of pyridine rings is 1. The van der Waals surface area contributed by atoms with Crippen molar-refractivity contribution < 1.29 is 4.79 Å². The lowest BCUT2D eigenvalue weighted by molar-refractivity contribution is 0.0882. The third-order valence-electron chi connectivity index (χ3n) is 5.59. The highest BCUT2D eigenvalue weighted by atomic mass is 16.2. The summed E-state index contributed by atoms with van der Waals surface area (Å²) in [5.74, 6) is 0.336. The first-order valence-corrected chi connectivity index (χ1v) is 10.3. The number of benzene rings is 1. The summed E-state index contributed by atoms with van der Waals surface area (Å²) in [5.41, 5.74) is 2.18. The number of carbonyl (C=O) groups excluding carboxylic acids is 1. The van der Waals surface area contributed by atoms with Gasteiger partial charge in [-0.1, -0.05) is 31.4 Å². The Hall–Kier alpha value is -3.02. The first-order valence-electron chi connectivity index (χ1n) is 10.3. The topological polar surface area (TPSA) is 69.2 Å². The molecule has 1 saturated carbocycles. The third-order valence-corrected chi connectivity index (χ3v) is 5.59. The van der Waals surface area contributed by atoms with Crippen molar-refractivity contribution in [2.24, 2.45) is 4.99 Å². The molecule has 0 spiro atoms. The Morgan fingerprint density at radius 3 is 2.69 bits per heavy atom. The number of aryl methyl sites for hydroxylation is 2. The molecule has 0 bridgehead atoms. The van der Waals surface area contributed by atoms with E-state index in [9.17, 15) is 9.59 Å². The zero-order valence-corrected chi connectivity index (χ0v) is 17.0. The lowest BCUT2D eigenvalue weighted by Gasteiger charge is -2.18. The van der Waals surface area contributed by atoms with Gasteiger partial charge in [0.25, 0.3) is 11.5 Å². The Morgan fingerprint density at radius 1 is 1.14 bits per heavy atom. The molecule has 1 aliphatic rings. The number of aromatic nitrogens is 3. The molecule has 150 valence electrons. The monoisotopic (exact) mass is 390 g/mol. The van der Waals surface area contributed by atoms with Crippen LogP contribution in [-0.4, -0.2) is 26.1 Å². The maximum atomic E-state index is 13.1. The molecule has 1 fully saturated rings. The predicted octanol–water partition coefficient (Wildman–Crippen LogP) is 3.39. The molecule has 2 aromatic heterocycles. The Bertz CT molecular complexity index is 1180. The van der Waals surface area contributed by atoms with E-state index in [1.807, 2.05) is 37.3 Å². The van der Waals surface area contributed by atoms with Crippen molar-refractivity contribution in [2.75, 3.05) is 0 Å². The van der Waals surface area contributed by atoms with E-state index in [1.54, 1.807) is 23.8 Å². The van der Waals surface area contributed by atoms with Crippen LogP contribution in [0, 0.1) is 13.8 Å². The molecular formula is C23H26N4O2. The minimum Gasteiger partial charge on any atom is -0.287 e. The van der Waals surface area contributed by atoms with Crippen LogP contribution in [0.5, 0.6) is 0 Å². The van der Waals surface area contributed by atoms with Crippen molar-refractivity contribution in [1.82, 2.24) is 14.1 Å². The van der Waals surface area contributed by atoms with Crippen molar-refractivity contribution in [3.05, 3.63) is 69.8 Å². The number of carbonyl (C=O) groups is 1. The van der Waals surface area contributed by atoms with Crippen molar-refractivity contribution >= 4 is 16.8 Å². The Balaban J connectivity index is 1.72. The molecule has 29 heavy (non-hydrogen) atoms. The molecule has 4 rings (SSSR count). The van der Waals surface area contributed by atoms with Crippen LogP contribution in [0.4, 0.5) is 0 Å². The fraction of sp³-hybridized carbons (Fsp3) is 0.391. The van der Waals surface area contributed by atoms with Crippen molar-refractivity contribution in [2.45, 2.75) is 58.5 Å². The Labute approximate surface area is 169 Å². The fourth-order valence-corrected chi connectivity index (χ4v) is 3.97. The molecule has 0 saturated heterocycles. The van der Waals surface area contributed by atoms with E-state index in [0.29, 0.717) is 22.2 Å². The van der Waals surface area contributed by atoms with Gasteiger partial charge in [-0.2, -0.15) is 0 Å². The maximum absolute atomic E-state index is 13.1. The molecule has 0 atom stereocenters. The van der Waals surface area contributed by atoms with Gasteiger partial charge >= 0.3 is 0 Å². The second-order valence-corrected chi connectivity index (χ2v) is 7.81. The van der Waals surface area contributed by atoms with E-state index in [1.165, 1.54) is 23.8 Å². The second kappa shape index (κ2) is 8.15. The molecular weight excluding hydrogens is 364 g/mol. The van der Waals surface area contributed by atoms with E-state index in [2.05, 4.69) is 4.98 Å². The van der Waals surface area contributed by atoms with Crippen LogP contribution in [0.1, 0.15) is 48.3 Å². The summed E-state index contributed by atoms with van der Waals surface area (Å²) in [7, 11) is 0. The summed E-state index contributed by atoms with van der Waals surface area (Å²) in [5, 5.41) is 0.520. The average molecular weight is 390 g/mol. The molecule has 2 heterocycles. The Morgan fingerprint density at radius 2 is 1.90 bits per heavy atom. The van der Waals surface area contributed by atoms with Crippen LogP contribution in [0.2, 0.25) is 0 Å². The van der Waals surface area contributed by atoms with E-state index in [0.717, 1.165) is 18.4 Å². The molecule has 0 amide bonds. The molecule has 0 N–H and O–H groups in total. The highest BCUT2D eigenvalue weighted by Gasteiger charge is 2.15. The van der Waals surface area contributed by atoms with E-state index >= 15 is 0 Å². The molecule has 3 aromatic rings. The molecule has 6 heteroatoms. The van der Waals surface area contributed by atoms with E-state index < -0.39 is 0 Å². The number of fused-ring (bicyclic) bond motifs is 1. The van der Waals surface area contributed by atoms with Gasteiger partial charge in [0.2, 0.25) is 0 Å². The molecule has 1 aliphatic carbocycles. The first-order chi connectivity index (χ1) is 14.0. The smallest absolute Gasteiger partial charge is 0.261 e. The lowest BCUT2D eigenvalue weighted by Crippen LogP contribution is -2.35. The van der Waals surface area contributed by atoms with E-state index in [-0.39, 0.29) is 24.1 Å². The number of hydrogen-bond donors (Lipinski definition) is 0. The summed E-state index contributed by atoms with van der Waals surface area (Å²) in [6.07, 6.45) is 7.52. The standard InChI is InChI=1S/C23H26N4O2/c1-16-12-13-26(21(14-16)25-18-8-4-3-5-9-18)22(28)15-27-17(2)24-20-11-7-6-10-19(20)23(27)29/h6-7,10-14,18H,3-5,8-9,15H2,1-2H3. The molecule has 1 aromatic carbocycles. The van der Waals surface area contributed by atoms with Gasteiger partial charge in [-0.3, -0.25) is 23.7 Å². The lowest BCUT2D eigenvalue weighted by atomic mass is 9.96. The van der Waals surface area contributed by atoms with Gasteiger partial charge in [0.1, 0.15) is 17.9 Å². The van der Waals surface area contributed by atoms with Gasteiger partial charge in [0.05, 0.1) is 16.9 Å².